The molecular weight excluding hydrogens is 376 g/mol. The molecule has 1 aliphatic carbocycles. The van der Waals surface area contributed by atoms with Crippen molar-refractivity contribution in [3.8, 4) is 0 Å². The molecule has 0 saturated heterocycles. The van der Waals surface area contributed by atoms with Crippen LogP contribution < -0.4 is 16.2 Å². The minimum absolute atomic E-state index is 0.125. The Morgan fingerprint density at radius 3 is 2.79 bits per heavy atom. The number of benzene rings is 1. The van der Waals surface area contributed by atoms with Crippen LogP contribution in [-0.4, -0.2) is 27.5 Å². The Hall–Kier alpha value is -2.22. The molecule has 1 heterocycles. The van der Waals surface area contributed by atoms with Gasteiger partial charge in [-0.05, 0) is 31.0 Å². The Morgan fingerprint density at radius 1 is 1.29 bits per heavy atom. The lowest BCUT2D eigenvalue weighted by molar-refractivity contribution is -0.120. The van der Waals surface area contributed by atoms with Crippen molar-refractivity contribution in [1.29, 1.82) is 0 Å². The van der Waals surface area contributed by atoms with Crippen LogP contribution in [0.4, 0.5) is 4.79 Å². The molecule has 1 saturated carbocycles. The molecule has 0 radical (unpaired) electrons. The molecule has 0 unspecified atom stereocenters. The van der Waals surface area contributed by atoms with Crippen molar-refractivity contribution >= 4 is 38.8 Å². The zero-order chi connectivity index (χ0) is 17.1. The number of carbonyl (C=O) groups is 2. The molecule has 2 N–H and O–H groups in total. The number of hydrogen-bond donors (Lipinski definition) is 2. The molecule has 24 heavy (non-hydrogen) atoms. The maximum atomic E-state index is 12.4. The molecule has 0 spiro atoms. The van der Waals surface area contributed by atoms with Gasteiger partial charge in [-0.15, -0.1) is 0 Å². The van der Waals surface area contributed by atoms with Crippen molar-refractivity contribution < 1.29 is 9.59 Å². The maximum absolute atomic E-state index is 12.4. The molecular formula is C16H17BrN4O3. The number of fused-ring (bicyclic) bond motifs is 1. The number of nitrogens with one attached hydrogen (secondary N) is 2. The van der Waals surface area contributed by atoms with Gasteiger partial charge in [0.1, 0.15) is 6.54 Å². The number of amides is 3. The topological polar surface area (TPSA) is 93.1 Å². The molecule has 1 fully saturated rings. The fraction of sp³-hybridized carbons (Fsp3) is 0.375. The zero-order valence-corrected chi connectivity index (χ0v) is 14.5. The highest BCUT2D eigenvalue weighted by atomic mass is 79.9. The lowest BCUT2D eigenvalue weighted by Crippen LogP contribution is -2.45. The van der Waals surface area contributed by atoms with Crippen LogP contribution in [-0.2, 0) is 11.3 Å². The second-order valence-electron chi connectivity index (χ2n) is 5.84. The van der Waals surface area contributed by atoms with Crippen LogP contribution in [0.1, 0.15) is 25.7 Å². The van der Waals surface area contributed by atoms with Crippen LogP contribution in [0.3, 0.4) is 0 Å². The standard InChI is InChI=1S/C16H17BrN4O3/c17-10-5-6-13-12(7-10)15(23)21(9-18-13)8-14(22)20-16(24)19-11-3-1-2-4-11/h5-7,9,11H,1-4,8H2,(H2,19,20,22,24). The largest absolute Gasteiger partial charge is 0.335 e. The Bertz CT molecular complexity index is 843. The van der Waals surface area contributed by atoms with Crippen molar-refractivity contribution in [2.24, 2.45) is 0 Å². The highest BCUT2D eigenvalue weighted by molar-refractivity contribution is 9.10. The highest BCUT2D eigenvalue weighted by Gasteiger charge is 2.18. The summed E-state index contributed by atoms with van der Waals surface area (Å²) in [4.78, 5) is 40.3. The number of aromatic nitrogens is 2. The lowest BCUT2D eigenvalue weighted by atomic mass is 10.2. The van der Waals surface area contributed by atoms with Crippen LogP contribution in [0.25, 0.3) is 10.9 Å². The van der Waals surface area contributed by atoms with Gasteiger partial charge in [0.15, 0.2) is 0 Å². The summed E-state index contributed by atoms with van der Waals surface area (Å²) in [5, 5.41) is 5.44. The Morgan fingerprint density at radius 2 is 2.04 bits per heavy atom. The lowest BCUT2D eigenvalue weighted by Gasteiger charge is -2.12. The molecule has 2 aromatic rings. The van der Waals surface area contributed by atoms with Crippen LogP contribution >= 0.6 is 15.9 Å². The van der Waals surface area contributed by atoms with E-state index in [-0.39, 0.29) is 18.1 Å². The van der Waals surface area contributed by atoms with E-state index in [9.17, 15) is 14.4 Å². The first-order valence-electron chi connectivity index (χ1n) is 7.78. The number of nitrogens with zero attached hydrogens (tertiary/aromatic N) is 2. The number of carbonyl (C=O) groups excluding carboxylic acids is 2. The van der Waals surface area contributed by atoms with Gasteiger partial charge in [-0.3, -0.25) is 19.5 Å². The van der Waals surface area contributed by atoms with Crippen molar-refractivity contribution in [3.05, 3.63) is 39.4 Å². The fourth-order valence-electron chi connectivity index (χ4n) is 2.86. The molecule has 1 aromatic heterocycles. The Labute approximate surface area is 146 Å². The molecule has 3 amide bonds. The third-order valence-electron chi connectivity index (χ3n) is 4.04. The van der Waals surface area contributed by atoms with Gasteiger partial charge in [0.05, 0.1) is 17.2 Å². The molecule has 0 atom stereocenters. The predicted octanol–water partition coefficient (Wildman–Crippen LogP) is 1.93. The first-order valence-corrected chi connectivity index (χ1v) is 8.57. The van der Waals surface area contributed by atoms with Crippen molar-refractivity contribution in [2.45, 2.75) is 38.3 Å². The van der Waals surface area contributed by atoms with E-state index in [2.05, 4.69) is 31.5 Å². The van der Waals surface area contributed by atoms with E-state index in [1.165, 1.54) is 10.9 Å². The van der Waals surface area contributed by atoms with Crippen LogP contribution in [0, 0.1) is 0 Å². The van der Waals surface area contributed by atoms with Gasteiger partial charge in [-0.1, -0.05) is 28.8 Å². The fourth-order valence-corrected chi connectivity index (χ4v) is 3.22. The van der Waals surface area contributed by atoms with Gasteiger partial charge in [0.2, 0.25) is 5.91 Å². The minimum Gasteiger partial charge on any atom is -0.335 e. The van der Waals surface area contributed by atoms with Gasteiger partial charge in [0, 0.05) is 10.5 Å². The van der Waals surface area contributed by atoms with Gasteiger partial charge in [-0.25, -0.2) is 9.78 Å². The van der Waals surface area contributed by atoms with E-state index < -0.39 is 11.9 Å². The highest BCUT2D eigenvalue weighted by Crippen LogP contribution is 2.17. The minimum atomic E-state index is -0.552. The van der Waals surface area contributed by atoms with Gasteiger partial charge in [-0.2, -0.15) is 0 Å². The van der Waals surface area contributed by atoms with E-state index in [4.69, 9.17) is 0 Å². The number of hydrogen-bond acceptors (Lipinski definition) is 4. The second kappa shape index (κ2) is 7.12. The first kappa shape index (κ1) is 16.6. The van der Waals surface area contributed by atoms with E-state index >= 15 is 0 Å². The average Bonchev–Trinajstić information content (AvgIpc) is 3.03. The Balaban J connectivity index is 1.67. The van der Waals surface area contributed by atoms with Crippen molar-refractivity contribution in [1.82, 2.24) is 20.2 Å². The third-order valence-corrected chi connectivity index (χ3v) is 4.54. The monoisotopic (exact) mass is 392 g/mol. The van der Waals surface area contributed by atoms with Gasteiger partial charge in [0.25, 0.3) is 5.56 Å². The summed E-state index contributed by atoms with van der Waals surface area (Å²) >= 11 is 3.31. The van der Waals surface area contributed by atoms with Crippen LogP contribution in [0.2, 0.25) is 0 Å². The van der Waals surface area contributed by atoms with E-state index in [1.807, 2.05) is 0 Å². The molecule has 126 valence electrons. The summed E-state index contributed by atoms with van der Waals surface area (Å²) in [5.41, 5.74) is 0.228. The summed E-state index contributed by atoms with van der Waals surface area (Å²) in [6, 6.07) is 4.78. The second-order valence-corrected chi connectivity index (χ2v) is 6.76. The molecule has 7 nitrogen and oxygen atoms in total. The number of urea groups is 1. The van der Waals surface area contributed by atoms with Crippen LogP contribution in [0.5, 0.6) is 0 Å². The first-order chi connectivity index (χ1) is 11.5. The molecule has 0 aliphatic heterocycles. The third kappa shape index (κ3) is 3.81. The summed E-state index contributed by atoms with van der Waals surface area (Å²) in [7, 11) is 0. The average molecular weight is 393 g/mol. The molecule has 1 aliphatic rings. The van der Waals surface area contributed by atoms with Crippen molar-refractivity contribution in [2.75, 3.05) is 0 Å². The smallest absolute Gasteiger partial charge is 0.321 e. The van der Waals surface area contributed by atoms with Gasteiger partial charge < -0.3 is 5.32 Å². The molecule has 3 rings (SSSR count). The molecule has 8 heteroatoms. The number of halogens is 1. The summed E-state index contributed by atoms with van der Waals surface area (Å²) in [6.07, 6.45) is 5.36. The predicted molar refractivity (Wildman–Crippen MR) is 92.6 cm³/mol. The van der Waals surface area contributed by atoms with Crippen LogP contribution in [0.15, 0.2) is 33.8 Å². The van der Waals surface area contributed by atoms with E-state index in [1.54, 1.807) is 18.2 Å². The van der Waals surface area contributed by atoms with E-state index in [0.717, 1.165) is 30.2 Å². The summed E-state index contributed by atoms with van der Waals surface area (Å²) in [6.45, 7) is -0.258. The van der Waals surface area contributed by atoms with Crippen molar-refractivity contribution in [3.63, 3.8) is 0 Å². The van der Waals surface area contributed by atoms with E-state index in [0.29, 0.717) is 10.9 Å². The zero-order valence-electron chi connectivity index (χ0n) is 12.9. The quantitative estimate of drug-likeness (QED) is 0.834. The summed E-state index contributed by atoms with van der Waals surface area (Å²) < 4.78 is 1.94. The maximum Gasteiger partial charge on any atom is 0.321 e. The molecule has 0 bridgehead atoms. The van der Waals surface area contributed by atoms with Gasteiger partial charge >= 0.3 is 6.03 Å². The normalized spacial score (nSPS) is 14.7. The number of rotatable bonds is 3. The number of imide groups is 1. The Kier molecular flexibility index (Phi) is 4.94. The SMILES string of the molecule is O=C(Cn1cnc2ccc(Br)cc2c1=O)NC(=O)NC1CCCC1. The summed E-state index contributed by atoms with van der Waals surface area (Å²) in [5.74, 6) is -0.552. The molecule has 1 aromatic carbocycles.